The molecule has 92 valence electrons. The van der Waals surface area contributed by atoms with E-state index in [0.717, 1.165) is 0 Å². The van der Waals surface area contributed by atoms with Crippen LogP contribution in [0.4, 0.5) is 22.0 Å². The molecule has 0 aromatic carbocycles. The fourth-order valence-electron chi connectivity index (χ4n) is 1.11. The Morgan fingerprint density at radius 2 is 1.88 bits per heavy atom. The standard InChI is InChI=1S/C7H7F5N2O2/c8-6(9,7(10,11)12)5(16)14-3-1-4(15)13-2-3/h3H,1-2H2,(H,13,15)(H,14,16). The summed E-state index contributed by atoms with van der Waals surface area (Å²) in [5.41, 5.74) is 0. The van der Waals surface area contributed by atoms with Crippen molar-refractivity contribution in [2.75, 3.05) is 6.54 Å². The minimum absolute atomic E-state index is 0.154. The van der Waals surface area contributed by atoms with Crippen LogP contribution in [-0.4, -0.2) is 36.5 Å². The molecule has 1 aliphatic heterocycles. The molecule has 9 heteroatoms. The van der Waals surface area contributed by atoms with Crippen LogP contribution in [0.15, 0.2) is 0 Å². The van der Waals surface area contributed by atoms with Crippen molar-refractivity contribution in [2.24, 2.45) is 0 Å². The van der Waals surface area contributed by atoms with Gasteiger partial charge in [0.05, 0.1) is 6.04 Å². The molecular formula is C7H7F5N2O2. The second-order valence-corrected chi connectivity index (χ2v) is 3.25. The summed E-state index contributed by atoms with van der Waals surface area (Å²) in [4.78, 5) is 21.3. The lowest BCUT2D eigenvalue weighted by Crippen LogP contribution is -2.53. The Morgan fingerprint density at radius 3 is 2.25 bits per heavy atom. The van der Waals surface area contributed by atoms with E-state index in [1.54, 1.807) is 0 Å². The normalized spacial score (nSPS) is 21.8. The van der Waals surface area contributed by atoms with Gasteiger partial charge in [-0.25, -0.2) is 0 Å². The monoisotopic (exact) mass is 246 g/mol. The SMILES string of the molecule is O=C1CC(NC(=O)C(F)(F)C(F)(F)F)CN1. The average Bonchev–Trinajstić information content (AvgIpc) is 2.49. The van der Waals surface area contributed by atoms with Crippen molar-refractivity contribution < 1.29 is 31.5 Å². The highest BCUT2D eigenvalue weighted by Gasteiger charge is 2.63. The van der Waals surface area contributed by atoms with Crippen LogP contribution in [-0.2, 0) is 9.59 Å². The van der Waals surface area contributed by atoms with Crippen LogP contribution in [0.2, 0.25) is 0 Å². The van der Waals surface area contributed by atoms with Crippen LogP contribution in [0.5, 0.6) is 0 Å². The molecule has 0 aromatic rings. The van der Waals surface area contributed by atoms with Crippen molar-refractivity contribution in [3.8, 4) is 0 Å². The van der Waals surface area contributed by atoms with E-state index < -0.39 is 30.0 Å². The summed E-state index contributed by atoms with van der Waals surface area (Å²) < 4.78 is 60.1. The van der Waals surface area contributed by atoms with Gasteiger partial charge >= 0.3 is 18.0 Å². The van der Waals surface area contributed by atoms with Gasteiger partial charge in [0.15, 0.2) is 0 Å². The summed E-state index contributed by atoms with van der Waals surface area (Å²) in [6, 6.07) is -1.03. The van der Waals surface area contributed by atoms with Crippen LogP contribution in [0.25, 0.3) is 0 Å². The van der Waals surface area contributed by atoms with Gasteiger partial charge in [-0.2, -0.15) is 22.0 Å². The molecule has 1 unspecified atom stereocenters. The lowest BCUT2D eigenvalue weighted by atomic mass is 10.2. The highest BCUT2D eigenvalue weighted by atomic mass is 19.4. The van der Waals surface area contributed by atoms with E-state index in [1.165, 1.54) is 5.32 Å². The third-order valence-electron chi connectivity index (χ3n) is 1.95. The molecule has 0 aromatic heterocycles. The van der Waals surface area contributed by atoms with Crippen molar-refractivity contribution in [3.05, 3.63) is 0 Å². The number of hydrogen-bond donors (Lipinski definition) is 2. The number of rotatable bonds is 2. The quantitative estimate of drug-likeness (QED) is 0.683. The number of nitrogens with one attached hydrogen (secondary N) is 2. The Bertz CT molecular complexity index is 314. The number of alkyl halides is 5. The lowest BCUT2D eigenvalue weighted by molar-refractivity contribution is -0.270. The van der Waals surface area contributed by atoms with Crippen molar-refractivity contribution in [3.63, 3.8) is 0 Å². The predicted molar refractivity (Wildman–Crippen MR) is 40.6 cm³/mol. The molecule has 1 aliphatic rings. The highest BCUT2D eigenvalue weighted by Crippen LogP contribution is 2.35. The summed E-state index contributed by atoms with van der Waals surface area (Å²) in [5.74, 6) is -8.40. The fraction of sp³-hybridized carbons (Fsp3) is 0.714. The summed E-state index contributed by atoms with van der Waals surface area (Å²) >= 11 is 0. The number of carbonyl (C=O) groups excluding carboxylic acids is 2. The molecule has 1 heterocycles. The van der Waals surface area contributed by atoms with Crippen molar-refractivity contribution in [2.45, 2.75) is 24.6 Å². The van der Waals surface area contributed by atoms with E-state index >= 15 is 0 Å². The van der Waals surface area contributed by atoms with Crippen LogP contribution < -0.4 is 10.6 Å². The minimum Gasteiger partial charge on any atom is -0.354 e. The number of amides is 2. The Hall–Kier alpha value is -1.41. The van der Waals surface area contributed by atoms with Crippen molar-refractivity contribution in [1.29, 1.82) is 0 Å². The van der Waals surface area contributed by atoms with Gasteiger partial charge in [0.2, 0.25) is 5.91 Å². The van der Waals surface area contributed by atoms with Crippen molar-refractivity contribution in [1.82, 2.24) is 10.6 Å². The number of hydrogen-bond acceptors (Lipinski definition) is 2. The van der Waals surface area contributed by atoms with Crippen LogP contribution >= 0.6 is 0 Å². The molecule has 0 bridgehead atoms. The lowest BCUT2D eigenvalue weighted by Gasteiger charge is -2.20. The van der Waals surface area contributed by atoms with Crippen LogP contribution in [0.1, 0.15) is 6.42 Å². The first kappa shape index (κ1) is 12.7. The molecule has 0 radical (unpaired) electrons. The molecule has 2 N–H and O–H groups in total. The summed E-state index contributed by atoms with van der Waals surface area (Å²) in [5, 5.41) is 3.65. The molecule has 2 amide bonds. The summed E-state index contributed by atoms with van der Waals surface area (Å²) in [7, 11) is 0. The maximum atomic E-state index is 12.4. The smallest absolute Gasteiger partial charge is 0.354 e. The van der Waals surface area contributed by atoms with Gasteiger partial charge in [-0.15, -0.1) is 0 Å². The van der Waals surface area contributed by atoms with Crippen LogP contribution in [0, 0.1) is 0 Å². The third-order valence-corrected chi connectivity index (χ3v) is 1.95. The zero-order valence-corrected chi connectivity index (χ0v) is 7.70. The molecule has 0 saturated carbocycles. The Kier molecular flexibility index (Phi) is 3.06. The van der Waals surface area contributed by atoms with Gasteiger partial charge in [-0.3, -0.25) is 9.59 Å². The first-order chi connectivity index (χ1) is 7.14. The second-order valence-electron chi connectivity index (χ2n) is 3.25. The third kappa shape index (κ3) is 2.39. The fourth-order valence-corrected chi connectivity index (χ4v) is 1.11. The van der Waals surface area contributed by atoms with Gasteiger partial charge in [0.25, 0.3) is 0 Å². The molecule has 1 fully saturated rings. The topological polar surface area (TPSA) is 58.2 Å². The maximum Gasteiger partial charge on any atom is 0.463 e. The molecule has 4 nitrogen and oxygen atoms in total. The summed E-state index contributed by atoms with van der Waals surface area (Å²) in [6.45, 7) is -0.154. The molecule has 1 atom stereocenters. The number of halogens is 5. The van der Waals surface area contributed by atoms with Gasteiger partial charge in [0.1, 0.15) is 0 Å². The van der Waals surface area contributed by atoms with E-state index in [2.05, 4.69) is 5.32 Å². The van der Waals surface area contributed by atoms with Crippen molar-refractivity contribution >= 4 is 11.8 Å². The van der Waals surface area contributed by atoms with E-state index in [4.69, 9.17) is 0 Å². The predicted octanol–water partition coefficient (Wildman–Crippen LogP) is 0.189. The number of carbonyl (C=O) groups is 2. The largest absolute Gasteiger partial charge is 0.463 e. The maximum absolute atomic E-state index is 12.4. The molecule has 16 heavy (non-hydrogen) atoms. The van der Waals surface area contributed by atoms with E-state index in [9.17, 15) is 31.5 Å². The average molecular weight is 246 g/mol. The molecular weight excluding hydrogens is 239 g/mol. The van der Waals surface area contributed by atoms with Gasteiger partial charge in [0, 0.05) is 13.0 Å². The highest BCUT2D eigenvalue weighted by molar-refractivity contribution is 5.86. The first-order valence-corrected chi connectivity index (χ1v) is 4.17. The Morgan fingerprint density at radius 1 is 1.31 bits per heavy atom. The van der Waals surface area contributed by atoms with E-state index in [1.807, 2.05) is 0 Å². The molecule has 0 aliphatic carbocycles. The molecule has 0 spiro atoms. The van der Waals surface area contributed by atoms with Crippen LogP contribution in [0.3, 0.4) is 0 Å². The van der Waals surface area contributed by atoms with E-state index in [0.29, 0.717) is 0 Å². The van der Waals surface area contributed by atoms with E-state index in [-0.39, 0.29) is 13.0 Å². The van der Waals surface area contributed by atoms with Gasteiger partial charge in [-0.1, -0.05) is 0 Å². The zero-order valence-electron chi connectivity index (χ0n) is 7.70. The minimum atomic E-state index is -5.94. The molecule has 1 saturated heterocycles. The van der Waals surface area contributed by atoms with Gasteiger partial charge in [-0.05, 0) is 0 Å². The Balaban J connectivity index is 2.62. The second kappa shape index (κ2) is 3.87. The first-order valence-electron chi connectivity index (χ1n) is 4.17. The summed E-state index contributed by atoms with van der Waals surface area (Å²) in [6.07, 6.45) is -6.24. The molecule has 1 rings (SSSR count). The van der Waals surface area contributed by atoms with Gasteiger partial charge < -0.3 is 10.6 Å². The Labute approximate surface area is 86.2 Å². The zero-order chi connectivity index (χ0) is 12.6.